The second kappa shape index (κ2) is 8.54. The van der Waals surface area contributed by atoms with Crippen molar-refractivity contribution in [3.8, 4) is 0 Å². The van der Waals surface area contributed by atoms with E-state index in [0.717, 1.165) is 36.6 Å². The lowest BCUT2D eigenvalue weighted by Gasteiger charge is -2.35. The first-order valence-corrected chi connectivity index (χ1v) is 9.96. The van der Waals surface area contributed by atoms with Crippen LogP contribution in [0.1, 0.15) is 18.1 Å². The zero-order valence-electron chi connectivity index (χ0n) is 16.9. The van der Waals surface area contributed by atoms with Gasteiger partial charge in [-0.15, -0.1) is 5.10 Å². The number of piperazine rings is 1. The van der Waals surface area contributed by atoms with E-state index < -0.39 is 17.8 Å². The third-order valence-corrected chi connectivity index (χ3v) is 5.28. The summed E-state index contributed by atoms with van der Waals surface area (Å²) in [4.78, 5) is 23.2. The van der Waals surface area contributed by atoms with E-state index in [1.54, 1.807) is 11.8 Å². The van der Waals surface area contributed by atoms with Gasteiger partial charge in [0.2, 0.25) is 6.10 Å². The molecule has 2 aromatic carbocycles. The number of alkyl halides is 3. The molecule has 1 aromatic heterocycles. The maximum atomic E-state index is 13.0. The summed E-state index contributed by atoms with van der Waals surface area (Å²) in [7, 11) is 0. The lowest BCUT2D eigenvalue weighted by Crippen LogP contribution is -2.52. The highest BCUT2D eigenvalue weighted by Gasteiger charge is 2.32. The van der Waals surface area contributed by atoms with Crippen molar-refractivity contribution in [3.05, 3.63) is 59.7 Å². The quantitative estimate of drug-likeness (QED) is 0.619. The van der Waals surface area contributed by atoms with Gasteiger partial charge in [-0.3, -0.25) is 9.69 Å². The Kier molecular flexibility index (Phi) is 5.81. The van der Waals surface area contributed by atoms with Gasteiger partial charge in [-0.1, -0.05) is 35.2 Å². The van der Waals surface area contributed by atoms with Gasteiger partial charge in [0.05, 0.1) is 5.56 Å². The van der Waals surface area contributed by atoms with E-state index in [4.69, 9.17) is 4.84 Å². The zero-order chi connectivity index (χ0) is 22.0. The molecular formula is C21H22F3N5O2. The molecule has 1 unspecified atom stereocenters. The molecule has 0 aliphatic carbocycles. The van der Waals surface area contributed by atoms with Gasteiger partial charge in [-0.05, 0) is 35.9 Å². The second-order valence-electron chi connectivity index (χ2n) is 7.50. The lowest BCUT2D eigenvalue weighted by molar-refractivity contribution is -0.145. The van der Waals surface area contributed by atoms with Gasteiger partial charge >= 0.3 is 6.18 Å². The smallest absolute Gasteiger partial charge is 0.382 e. The first-order chi connectivity index (χ1) is 14.8. The van der Waals surface area contributed by atoms with Crippen LogP contribution in [0.15, 0.2) is 48.5 Å². The Labute approximate surface area is 176 Å². The van der Waals surface area contributed by atoms with Crippen LogP contribution in [0.3, 0.4) is 0 Å². The first-order valence-electron chi connectivity index (χ1n) is 9.96. The van der Waals surface area contributed by atoms with E-state index in [2.05, 4.69) is 27.3 Å². The predicted molar refractivity (Wildman–Crippen MR) is 107 cm³/mol. The number of hydrogen-bond acceptors (Lipinski definition) is 5. The van der Waals surface area contributed by atoms with Gasteiger partial charge in [-0.25, -0.2) is 0 Å². The van der Waals surface area contributed by atoms with Crippen molar-refractivity contribution in [2.24, 2.45) is 0 Å². The van der Waals surface area contributed by atoms with E-state index >= 15 is 0 Å². The van der Waals surface area contributed by atoms with Gasteiger partial charge < -0.3 is 9.74 Å². The standard InChI is InChI=1S/C21H22F3N5O2/c1-15(31-29-19-13-17(21(22,23)24)7-8-18(19)25-26-29)20(30)28-11-9-27(10-12-28)14-16-5-3-2-4-6-16/h2-8,13,15H,9-12,14H2,1H3. The Morgan fingerprint density at radius 1 is 1.10 bits per heavy atom. The maximum Gasteiger partial charge on any atom is 0.416 e. The average molecular weight is 433 g/mol. The number of fused-ring (bicyclic) bond motifs is 1. The van der Waals surface area contributed by atoms with Crippen LogP contribution in [0.2, 0.25) is 0 Å². The Hall–Kier alpha value is -3.14. The molecule has 1 fully saturated rings. The molecule has 10 heteroatoms. The molecular weight excluding hydrogens is 411 g/mol. The highest BCUT2D eigenvalue weighted by Crippen LogP contribution is 2.30. The number of amides is 1. The topological polar surface area (TPSA) is 63.5 Å². The summed E-state index contributed by atoms with van der Waals surface area (Å²) < 4.78 is 39.0. The minimum Gasteiger partial charge on any atom is -0.382 e. The fourth-order valence-corrected chi connectivity index (χ4v) is 3.57. The van der Waals surface area contributed by atoms with Crippen LogP contribution in [0.4, 0.5) is 13.2 Å². The molecule has 0 bridgehead atoms. The molecule has 4 rings (SSSR count). The van der Waals surface area contributed by atoms with E-state index in [-0.39, 0.29) is 16.9 Å². The highest BCUT2D eigenvalue weighted by molar-refractivity contribution is 5.81. The Bertz CT molecular complexity index is 1050. The summed E-state index contributed by atoms with van der Waals surface area (Å²) in [6.45, 7) is 4.94. The molecule has 7 nitrogen and oxygen atoms in total. The molecule has 0 N–H and O–H groups in total. The molecule has 1 amide bonds. The van der Waals surface area contributed by atoms with Crippen LogP contribution < -0.4 is 4.84 Å². The fourth-order valence-electron chi connectivity index (χ4n) is 3.57. The van der Waals surface area contributed by atoms with Crippen molar-refractivity contribution in [2.45, 2.75) is 25.7 Å². The number of aromatic nitrogens is 3. The van der Waals surface area contributed by atoms with Crippen LogP contribution in [-0.4, -0.2) is 63.1 Å². The number of halogens is 3. The summed E-state index contributed by atoms with van der Waals surface area (Å²) in [5.74, 6) is -0.241. The molecule has 0 radical (unpaired) electrons. The van der Waals surface area contributed by atoms with E-state index in [1.165, 1.54) is 11.6 Å². The Morgan fingerprint density at radius 2 is 1.81 bits per heavy atom. The average Bonchev–Trinajstić information content (AvgIpc) is 3.16. The molecule has 1 atom stereocenters. The minimum atomic E-state index is -4.50. The number of hydrogen-bond donors (Lipinski definition) is 0. The van der Waals surface area contributed by atoms with Crippen LogP contribution in [0.25, 0.3) is 11.0 Å². The molecule has 31 heavy (non-hydrogen) atoms. The van der Waals surface area contributed by atoms with Crippen molar-refractivity contribution in [1.29, 1.82) is 0 Å². The van der Waals surface area contributed by atoms with E-state index in [9.17, 15) is 18.0 Å². The van der Waals surface area contributed by atoms with Gasteiger partial charge in [-0.2, -0.15) is 13.2 Å². The molecule has 1 aliphatic heterocycles. The third-order valence-electron chi connectivity index (χ3n) is 5.28. The normalized spacial score (nSPS) is 16.5. The Balaban J connectivity index is 1.37. The Morgan fingerprint density at radius 3 is 2.48 bits per heavy atom. The van der Waals surface area contributed by atoms with Crippen LogP contribution in [0, 0.1) is 0 Å². The molecule has 1 saturated heterocycles. The number of benzene rings is 2. The van der Waals surface area contributed by atoms with Crippen molar-refractivity contribution >= 4 is 16.9 Å². The van der Waals surface area contributed by atoms with E-state index in [1.807, 2.05) is 18.2 Å². The minimum absolute atomic E-state index is 0.0576. The molecule has 1 aliphatic rings. The van der Waals surface area contributed by atoms with Gasteiger partial charge in [0.1, 0.15) is 11.0 Å². The maximum absolute atomic E-state index is 13.0. The number of carbonyl (C=O) groups excluding carboxylic acids is 1. The largest absolute Gasteiger partial charge is 0.416 e. The zero-order valence-corrected chi connectivity index (χ0v) is 16.9. The van der Waals surface area contributed by atoms with E-state index in [0.29, 0.717) is 13.1 Å². The van der Waals surface area contributed by atoms with Gasteiger partial charge in [0.15, 0.2) is 0 Å². The van der Waals surface area contributed by atoms with Gasteiger partial charge in [0.25, 0.3) is 5.91 Å². The number of nitrogens with zero attached hydrogens (tertiary/aromatic N) is 5. The molecule has 2 heterocycles. The number of rotatable bonds is 5. The van der Waals surface area contributed by atoms with Crippen molar-refractivity contribution in [1.82, 2.24) is 25.0 Å². The monoisotopic (exact) mass is 433 g/mol. The third kappa shape index (κ3) is 4.79. The van der Waals surface area contributed by atoms with Crippen molar-refractivity contribution < 1.29 is 22.8 Å². The van der Waals surface area contributed by atoms with Gasteiger partial charge in [0, 0.05) is 32.7 Å². The summed E-state index contributed by atoms with van der Waals surface area (Å²) >= 11 is 0. The van der Waals surface area contributed by atoms with Crippen LogP contribution in [0.5, 0.6) is 0 Å². The predicted octanol–water partition coefficient (Wildman–Crippen LogP) is 2.61. The highest BCUT2D eigenvalue weighted by atomic mass is 19.4. The van der Waals surface area contributed by atoms with Crippen molar-refractivity contribution in [2.75, 3.05) is 26.2 Å². The van der Waals surface area contributed by atoms with Crippen LogP contribution >= 0.6 is 0 Å². The summed E-state index contributed by atoms with van der Waals surface area (Å²) in [6, 6.07) is 13.2. The molecule has 3 aromatic rings. The number of carbonyl (C=O) groups is 1. The lowest BCUT2D eigenvalue weighted by atomic mass is 10.2. The second-order valence-corrected chi connectivity index (χ2v) is 7.50. The summed E-state index contributed by atoms with van der Waals surface area (Å²) in [6.07, 6.45) is -5.41. The molecule has 0 spiro atoms. The molecule has 0 saturated carbocycles. The molecule has 164 valence electrons. The fraction of sp³-hybridized carbons (Fsp3) is 0.381. The van der Waals surface area contributed by atoms with Crippen LogP contribution in [-0.2, 0) is 17.5 Å². The van der Waals surface area contributed by atoms with Crippen molar-refractivity contribution in [3.63, 3.8) is 0 Å². The SMILES string of the molecule is CC(On1nnc2ccc(C(F)(F)F)cc21)C(=O)N1CCN(Cc2ccccc2)CC1. The first kappa shape index (κ1) is 21.1. The summed E-state index contributed by atoms with van der Waals surface area (Å²) in [5.41, 5.74) is 0.695. The summed E-state index contributed by atoms with van der Waals surface area (Å²) in [5, 5.41) is 7.55.